The first-order valence-electron chi connectivity index (χ1n) is 7.84. The molecule has 1 rings (SSSR count). The van der Waals surface area contributed by atoms with Crippen molar-refractivity contribution < 1.29 is 0 Å². The van der Waals surface area contributed by atoms with E-state index < -0.39 is 19.8 Å². The van der Waals surface area contributed by atoms with Gasteiger partial charge >= 0.3 is 73.1 Å². The van der Waals surface area contributed by atoms with Gasteiger partial charge in [0.15, 0.2) is 0 Å². The zero-order valence-electron chi connectivity index (χ0n) is 13.6. The van der Waals surface area contributed by atoms with E-state index in [1.54, 1.807) is 13.3 Å². The van der Waals surface area contributed by atoms with Crippen molar-refractivity contribution in [2.45, 2.75) is 66.4 Å². The molecule has 0 amide bonds. The van der Waals surface area contributed by atoms with Crippen molar-refractivity contribution >= 4 is 33.7 Å². The van der Waals surface area contributed by atoms with E-state index in [4.69, 9.17) is 0 Å². The van der Waals surface area contributed by atoms with Crippen LogP contribution in [0.25, 0.3) is 0 Å². The third-order valence-corrected chi connectivity index (χ3v) is 15.0. The van der Waals surface area contributed by atoms with Gasteiger partial charge in [0.1, 0.15) is 0 Å². The van der Waals surface area contributed by atoms with E-state index in [0.717, 1.165) is 0 Å². The van der Waals surface area contributed by atoms with Gasteiger partial charge in [0.2, 0.25) is 0 Å². The van der Waals surface area contributed by atoms with Crippen molar-refractivity contribution in [3.8, 4) is 0 Å². The van der Waals surface area contributed by atoms with Crippen LogP contribution < -0.4 is 5.19 Å². The van der Waals surface area contributed by atoms with Gasteiger partial charge in [-0.25, -0.2) is 0 Å². The van der Waals surface area contributed by atoms with Crippen molar-refractivity contribution in [1.29, 1.82) is 0 Å². The maximum Gasteiger partial charge on any atom is 0.0791 e. The molecule has 0 bridgehead atoms. The Morgan fingerprint density at radius 1 is 0.789 bits per heavy atom. The molecule has 1 aromatic carbocycles. The number of hydrogen-bond acceptors (Lipinski definition) is 0. The molecule has 0 saturated heterocycles. The molecular weight excluding hydrogens is 351 g/mol. The smallest absolute Gasteiger partial charge is 0.0671 e. The minimum atomic E-state index is -0.759. The van der Waals surface area contributed by atoms with Crippen molar-refractivity contribution in [3.63, 3.8) is 0 Å². The number of hydrogen-bond donors (Lipinski definition) is 0. The van der Waals surface area contributed by atoms with Crippen molar-refractivity contribution in [2.75, 3.05) is 0 Å². The fraction of sp³-hybridized carbons (Fsp3) is 0.647. The minimum Gasteiger partial charge on any atom is -0.0671 e. The monoisotopic (exact) mass is 384 g/mol. The van der Waals surface area contributed by atoms with E-state index in [2.05, 4.69) is 64.2 Å². The predicted octanol–water partition coefficient (Wildman–Crippen LogP) is 5.36. The van der Waals surface area contributed by atoms with Crippen LogP contribution in [0.5, 0.6) is 0 Å². The third-order valence-electron chi connectivity index (χ3n) is 3.16. The maximum atomic E-state index is 2.34. The van der Waals surface area contributed by atoms with Gasteiger partial charge < -0.3 is 0 Å². The zero-order chi connectivity index (χ0) is 14.5. The molecule has 0 spiro atoms. The Hall–Kier alpha value is 0.236. The normalized spacial score (nSPS) is 10.5. The van der Waals surface area contributed by atoms with Gasteiger partial charge in [-0.3, -0.25) is 0 Å². The van der Waals surface area contributed by atoms with E-state index in [1.165, 1.54) is 24.4 Å². The second-order valence-corrected chi connectivity index (χ2v) is 16.5. The molecule has 0 heterocycles. The number of benzene rings is 1. The second-order valence-electron chi connectivity index (χ2n) is 5.37. The Morgan fingerprint density at radius 3 is 1.47 bits per heavy atom. The summed E-state index contributed by atoms with van der Waals surface area (Å²) >= 11 is -0.759. The largest absolute Gasteiger partial charge is 0.0791 e. The van der Waals surface area contributed by atoms with E-state index >= 15 is 0 Å². The van der Waals surface area contributed by atoms with E-state index in [1.807, 2.05) is 0 Å². The Labute approximate surface area is 130 Å². The summed E-state index contributed by atoms with van der Waals surface area (Å²) in [6.07, 6.45) is 4.36. The van der Waals surface area contributed by atoms with Crippen LogP contribution in [-0.2, 0) is 0 Å². The van der Waals surface area contributed by atoms with Crippen LogP contribution in [0.15, 0.2) is 30.3 Å². The van der Waals surface area contributed by atoms with Crippen LogP contribution in [0.3, 0.4) is 0 Å². The van der Waals surface area contributed by atoms with Crippen LogP contribution in [-0.4, -0.2) is 28.6 Å². The summed E-state index contributed by atoms with van der Waals surface area (Å²) in [6, 6.07) is 10.7. The summed E-state index contributed by atoms with van der Waals surface area (Å²) in [5.41, 5.74) is 0. The quantitative estimate of drug-likeness (QED) is 0.556. The Balaban J connectivity index is 0.000000342. The fourth-order valence-electron chi connectivity index (χ4n) is 2.21. The van der Waals surface area contributed by atoms with E-state index in [-0.39, 0.29) is 8.80 Å². The van der Waals surface area contributed by atoms with Crippen LogP contribution >= 0.6 is 0 Å². The standard InChI is InChI=1S/C8H11Si.3C3H7.Sn/c1-9(2)8-6-4-3-5-7-8;3*1-3-2;/h3-7H,1-2H3;3*1,3H2,2H3;. The molecule has 1 aromatic rings. The molecule has 2 radical (unpaired) electrons. The van der Waals surface area contributed by atoms with Gasteiger partial charge in [-0.15, -0.1) is 0 Å². The fourth-order valence-corrected chi connectivity index (χ4v) is 11.3. The van der Waals surface area contributed by atoms with Gasteiger partial charge in [0.25, 0.3) is 0 Å². The summed E-state index contributed by atoms with van der Waals surface area (Å²) < 4.78 is 4.93. The van der Waals surface area contributed by atoms with Gasteiger partial charge in [-0.2, -0.15) is 0 Å². The minimum absolute atomic E-state index is 0.212. The van der Waals surface area contributed by atoms with Gasteiger partial charge in [-0.1, -0.05) is 48.6 Å². The summed E-state index contributed by atoms with van der Waals surface area (Å²) in [5.74, 6) is 0. The first kappa shape index (κ1) is 19.2. The SMILES string of the molecule is CC[CH2][Sn]([CH2]CC)[CH2]CC.C[Si](C)c1ccccc1. The molecule has 19 heavy (non-hydrogen) atoms. The molecule has 108 valence electrons. The Morgan fingerprint density at radius 2 is 1.21 bits per heavy atom. The van der Waals surface area contributed by atoms with Crippen LogP contribution in [0, 0.1) is 0 Å². The summed E-state index contributed by atoms with van der Waals surface area (Å²) in [7, 11) is -0.212. The molecule has 0 aliphatic carbocycles. The number of rotatable bonds is 7. The molecule has 0 atom stereocenters. The first-order valence-corrected chi connectivity index (χ1v) is 16.4. The molecule has 0 nitrogen and oxygen atoms in total. The van der Waals surface area contributed by atoms with Gasteiger partial charge in [0, 0.05) is 0 Å². The zero-order valence-corrected chi connectivity index (χ0v) is 17.5. The summed E-state index contributed by atoms with van der Waals surface area (Å²) in [4.78, 5) is 0. The molecule has 2 heteroatoms. The predicted molar refractivity (Wildman–Crippen MR) is 94.6 cm³/mol. The van der Waals surface area contributed by atoms with Crippen molar-refractivity contribution in [3.05, 3.63) is 30.3 Å². The summed E-state index contributed by atoms with van der Waals surface area (Å²) in [6.45, 7) is 11.6. The molecule has 0 saturated carbocycles. The topological polar surface area (TPSA) is 0 Å². The van der Waals surface area contributed by atoms with Crippen molar-refractivity contribution in [1.82, 2.24) is 0 Å². The molecule has 0 fully saturated rings. The molecule has 0 aliphatic heterocycles. The van der Waals surface area contributed by atoms with Crippen LogP contribution in [0.2, 0.25) is 26.4 Å². The Bertz CT molecular complexity index is 270. The average Bonchev–Trinajstić information content (AvgIpc) is 2.41. The Kier molecular flexibility index (Phi) is 13.4. The summed E-state index contributed by atoms with van der Waals surface area (Å²) in [5, 5.41) is 1.52. The maximum absolute atomic E-state index is 2.34. The first-order chi connectivity index (χ1) is 9.15. The molecular formula is C17H32SiSn. The molecule has 0 aromatic heterocycles. The van der Waals surface area contributed by atoms with E-state index in [9.17, 15) is 0 Å². The average molecular weight is 383 g/mol. The molecule has 0 unspecified atom stereocenters. The van der Waals surface area contributed by atoms with Gasteiger partial charge in [0.05, 0.1) is 8.80 Å². The second kappa shape index (κ2) is 13.2. The van der Waals surface area contributed by atoms with Crippen LogP contribution in [0.4, 0.5) is 0 Å². The molecule has 0 aliphatic rings. The van der Waals surface area contributed by atoms with Gasteiger partial charge in [-0.05, 0) is 0 Å². The van der Waals surface area contributed by atoms with Crippen molar-refractivity contribution in [2.24, 2.45) is 0 Å². The molecule has 0 N–H and O–H groups in total. The van der Waals surface area contributed by atoms with Crippen LogP contribution in [0.1, 0.15) is 40.0 Å². The third kappa shape index (κ3) is 10.7. The van der Waals surface area contributed by atoms with E-state index in [0.29, 0.717) is 0 Å².